The van der Waals surface area contributed by atoms with Gasteiger partial charge in [-0.3, -0.25) is 0 Å². The number of halogens is 2. The summed E-state index contributed by atoms with van der Waals surface area (Å²) in [6.45, 7) is 4.43. The highest BCUT2D eigenvalue weighted by molar-refractivity contribution is 9.10. The lowest BCUT2D eigenvalue weighted by atomic mass is 10.1. The van der Waals surface area contributed by atoms with Gasteiger partial charge >= 0.3 is 0 Å². The third-order valence-electron chi connectivity index (χ3n) is 4.43. The average molecular weight is 448 g/mol. The number of allylic oxidation sites excluding steroid dienone is 2. The van der Waals surface area contributed by atoms with Crippen molar-refractivity contribution in [1.82, 2.24) is 0 Å². The van der Waals surface area contributed by atoms with Crippen LogP contribution < -0.4 is 0 Å². The highest BCUT2D eigenvalue weighted by Crippen LogP contribution is 2.44. The molecule has 0 saturated carbocycles. The SMILES string of the molecule is CC1=Cc2c(Sc3ccc(Br)c4c3C=C(C)C4)ccc(Br)c2C1. The molecule has 0 N–H and O–H groups in total. The third-order valence-corrected chi connectivity index (χ3v) is 7.07. The van der Waals surface area contributed by atoms with E-state index in [1.165, 1.54) is 52.1 Å². The first-order valence-electron chi connectivity index (χ1n) is 7.68. The zero-order valence-electron chi connectivity index (χ0n) is 13.0. The molecular formula is C20H16Br2S. The molecule has 116 valence electrons. The number of rotatable bonds is 2. The first kappa shape index (κ1) is 15.7. The number of fused-ring (bicyclic) bond motifs is 2. The molecule has 0 unspecified atom stereocenters. The van der Waals surface area contributed by atoms with Gasteiger partial charge in [-0.25, -0.2) is 0 Å². The topological polar surface area (TPSA) is 0 Å². The monoisotopic (exact) mass is 446 g/mol. The van der Waals surface area contributed by atoms with Crippen LogP contribution >= 0.6 is 43.6 Å². The van der Waals surface area contributed by atoms with Gasteiger partial charge in [-0.15, -0.1) is 0 Å². The minimum Gasteiger partial charge on any atom is -0.0888 e. The lowest BCUT2D eigenvalue weighted by Gasteiger charge is -2.12. The molecular weight excluding hydrogens is 432 g/mol. The fourth-order valence-corrected chi connectivity index (χ4v) is 5.42. The number of benzene rings is 2. The van der Waals surface area contributed by atoms with Crippen molar-refractivity contribution in [3.63, 3.8) is 0 Å². The van der Waals surface area contributed by atoms with Crippen molar-refractivity contribution in [2.24, 2.45) is 0 Å². The highest BCUT2D eigenvalue weighted by Gasteiger charge is 2.20. The molecule has 23 heavy (non-hydrogen) atoms. The van der Waals surface area contributed by atoms with E-state index in [4.69, 9.17) is 0 Å². The Labute approximate surface area is 158 Å². The van der Waals surface area contributed by atoms with Crippen molar-refractivity contribution in [1.29, 1.82) is 0 Å². The van der Waals surface area contributed by atoms with Crippen molar-refractivity contribution in [2.75, 3.05) is 0 Å². The van der Waals surface area contributed by atoms with Crippen LogP contribution in [0.15, 0.2) is 54.1 Å². The molecule has 2 aromatic rings. The summed E-state index contributed by atoms with van der Waals surface area (Å²) in [5, 5.41) is 0. The zero-order chi connectivity index (χ0) is 16.1. The van der Waals surface area contributed by atoms with Crippen molar-refractivity contribution >= 4 is 55.8 Å². The van der Waals surface area contributed by atoms with E-state index in [1.54, 1.807) is 0 Å². The molecule has 0 heterocycles. The molecule has 0 amide bonds. The van der Waals surface area contributed by atoms with Crippen molar-refractivity contribution in [3.05, 3.63) is 66.6 Å². The molecule has 0 bridgehead atoms. The van der Waals surface area contributed by atoms with Gasteiger partial charge in [-0.2, -0.15) is 0 Å². The van der Waals surface area contributed by atoms with Crippen LogP contribution in [0.1, 0.15) is 36.1 Å². The minimum absolute atomic E-state index is 1.06. The molecule has 0 fully saturated rings. The van der Waals surface area contributed by atoms with E-state index in [0.29, 0.717) is 0 Å². The van der Waals surface area contributed by atoms with E-state index in [2.05, 4.69) is 82.1 Å². The van der Waals surface area contributed by atoms with Crippen molar-refractivity contribution in [2.45, 2.75) is 36.5 Å². The van der Waals surface area contributed by atoms with Gasteiger partial charge in [-0.1, -0.05) is 66.9 Å². The summed E-state index contributed by atoms with van der Waals surface area (Å²) in [4.78, 5) is 2.70. The largest absolute Gasteiger partial charge is 0.0888 e. The molecule has 2 aliphatic rings. The van der Waals surface area contributed by atoms with E-state index in [1.807, 2.05) is 11.8 Å². The van der Waals surface area contributed by atoms with Gasteiger partial charge in [0.05, 0.1) is 0 Å². The molecule has 0 aliphatic heterocycles. The van der Waals surface area contributed by atoms with Crippen LogP contribution in [-0.4, -0.2) is 0 Å². The normalized spacial score (nSPS) is 15.3. The Hall–Kier alpha value is -0.770. The van der Waals surface area contributed by atoms with Gasteiger partial charge in [0.15, 0.2) is 0 Å². The van der Waals surface area contributed by atoms with E-state index in [9.17, 15) is 0 Å². The van der Waals surface area contributed by atoms with E-state index in [0.717, 1.165) is 12.8 Å². The van der Waals surface area contributed by atoms with Gasteiger partial charge in [-0.05, 0) is 73.2 Å². The van der Waals surface area contributed by atoms with Gasteiger partial charge in [0.25, 0.3) is 0 Å². The second kappa shape index (κ2) is 5.94. The van der Waals surface area contributed by atoms with E-state index in [-0.39, 0.29) is 0 Å². The Kier molecular flexibility index (Phi) is 4.07. The third kappa shape index (κ3) is 2.77. The van der Waals surface area contributed by atoms with Crippen LogP contribution in [0.2, 0.25) is 0 Å². The molecule has 3 heteroatoms. The summed E-state index contributed by atoms with van der Waals surface area (Å²) in [7, 11) is 0. The average Bonchev–Trinajstić information content (AvgIpc) is 3.08. The quantitative estimate of drug-likeness (QED) is 0.465. The Morgan fingerprint density at radius 3 is 1.61 bits per heavy atom. The van der Waals surface area contributed by atoms with E-state index < -0.39 is 0 Å². The molecule has 0 saturated heterocycles. The van der Waals surface area contributed by atoms with Crippen LogP contribution in [0, 0.1) is 0 Å². The van der Waals surface area contributed by atoms with E-state index >= 15 is 0 Å². The summed E-state index contributed by atoms with van der Waals surface area (Å²) in [6, 6.07) is 8.85. The molecule has 0 nitrogen and oxygen atoms in total. The Balaban J connectivity index is 1.80. The van der Waals surface area contributed by atoms with Crippen LogP contribution in [0.5, 0.6) is 0 Å². The van der Waals surface area contributed by atoms with Crippen LogP contribution in [0.4, 0.5) is 0 Å². The summed E-state index contributed by atoms with van der Waals surface area (Å²) in [6.07, 6.45) is 6.79. The van der Waals surface area contributed by atoms with Gasteiger partial charge in [0, 0.05) is 18.7 Å². The second-order valence-corrected chi connectivity index (χ2v) is 9.10. The molecule has 0 aromatic heterocycles. The number of hydrogen-bond acceptors (Lipinski definition) is 1. The van der Waals surface area contributed by atoms with Gasteiger partial charge in [0.2, 0.25) is 0 Å². The smallest absolute Gasteiger partial charge is 0.0217 e. The van der Waals surface area contributed by atoms with Gasteiger partial charge in [0.1, 0.15) is 0 Å². The molecule has 0 atom stereocenters. The standard InChI is InChI=1S/C20H16Br2S/c1-11-7-13-15(9-11)19(5-3-17(13)21)23-20-6-4-18(22)14-8-12(2)10-16(14)20/h3-6,9-10H,7-8H2,1-2H3. The predicted molar refractivity (Wildman–Crippen MR) is 107 cm³/mol. The van der Waals surface area contributed by atoms with Gasteiger partial charge < -0.3 is 0 Å². The van der Waals surface area contributed by atoms with Crippen LogP contribution in [0.25, 0.3) is 12.2 Å². The maximum atomic E-state index is 3.70. The van der Waals surface area contributed by atoms with Crippen LogP contribution in [-0.2, 0) is 12.8 Å². The molecule has 4 rings (SSSR count). The summed E-state index contributed by atoms with van der Waals surface area (Å²) in [5.74, 6) is 0. The van der Waals surface area contributed by atoms with Crippen molar-refractivity contribution < 1.29 is 0 Å². The minimum atomic E-state index is 1.06. The Morgan fingerprint density at radius 2 is 1.17 bits per heavy atom. The Bertz CT molecular complexity index is 818. The molecule has 2 aromatic carbocycles. The maximum Gasteiger partial charge on any atom is 0.0217 e. The molecule has 2 aliphatic carbocycles. The Morgan fingerprint density at radius 1 is 0.739 bits per heavy atom. The predicted octanol–water partition coefficient (Wildman–Crippen LogP) is 7.28. The van der Waals surface area contributed by atoms with Crippen molar-refractivity contribution in [3.8, 4) is 0 Å². The van der Waals surface area contributed by atoms with Crippen LogP contribution in [0.3, 0.4) is 0 Å². The lowest BCUT2D eigenvalue weighted by molar-refractivity contribution is 1.16. The summed E-state index contributed by atoms with van der Waals surface area (Å²) in [5.41, 5.74) is 8.49. The maximum absolute atomic E-state index is 3.70. The summed E-state index contributed by atoms with van der Waals surface area (Å²) >= 11 is 9.30. The highest BCUT2D eigenvalue weighted by atomic mass is 79.9. The lowest BCUT2D eigenvalue weighted by Crippen LogP contribution is -1.90. The molecule has 0 spiro atoms. The fraction of sp³-hybridized carbons (Fsp3) is 0.200. The zero-order valence-corrected chi connectivity index (χ0v) is 17.0. The second-order valence-electron chi connectivity index (χ2n) is 6.31. The fourth-order valence-electron chi connectivity index (χ4n) is 3.36. The molecule has 0 radical (unpaired) electrons. The first-order chi connectivity index (χ1) is 11.0. The summed E-state index contributed by atoms with van der Waals surface area (Å²) < 4.78 is 2.45. The first-order valence-corrected chi connectivity index (χ1v) is 10.1. The number of hydrogen-bond donors (Lipinski definition) is 0.